The highest BCUT2D eigenvalue weighted by molar-refractivity contribution is 9.10. The molecule has 0 aliphatic carbocycles. The highest BCUT2D eigenvalue weighted by atomic mass is 79.9. The van der Waals surface area contributed by atoms with Crippen molar-refractivity contribution >= 4 is 37.6 Å². The fourth-order valence-electron chi connectivity index (χ4n) is 0.824. The van der Waals surface area contributed by atoms with Crippen LogP contribution in [-0.4, -0.2) is 15.0 Å². The number of nitrogens with zero attached hydrogens (tertiary/aromatic N) is 3. The summed E-state index contributed by atoms with van der Waals surface area (Å²) >= 11 is 4.79. The summed E-state index contributed by atoms with van der Waals surface area (Å²) < 4.78 is 1.63. The minimum Gasteiger partial charge on any atom is -0.229 e. The minimum atomic E-state index is 0.593. The number of hydrogen-bond acceptors (Lipinski definition) is 4. The van der Waals surface area contributed by atoms with E-state index in [0.717, 1.165) is 15.4 Å². The van der Waals surface area contributed by atoms with E-state index in [9.17, 15) is 0 Å². The number of aromatic nitrogens is 3. The van der Waals surface area contributed by atoms with Crippen molar-refractivity contribution in [3.8, 4) is 0 Å². The predicted molar refractivity (Wildman–Crippen MR) is 47.6 cm³/mol. The van der Waals surface area contributed by atoms with E-state index >= 15 is 0 Å². The van der Waals surface area contributed by atoms with E-state index in [-0.39, 0.29) is 0 Å². The van der Waals surface area contributed by atoms with Crippen LogP contribution in [0.3, 0.4) is 0 Å². The predicted octanol–water partition coefficient (Wildman–Crippen LogP) is 2.16. The number of hydrogen-bond donors (Lipinski definition) is 0. The third kappa shape index (κ3) is 1.25. The van der Waals surface area contributed by atoms with Gasteiger partial charge in [0.15, 0.2) is 10.4 Å². The Morgan fingerprint density at radius 1 is 1.45 bits per heavy atom. The zero-order chi connectivity index (χ0) is 7.84. The molecule has 0 unspecified atom stereocenters. The van der Waals surface area contributed by atoms with Crippen LogP contribution in [0.15, 0.2) is 10.9 Å². The average molecular weight is 230 g/mol. The third-order valence-corrected chi connectivity index (χ3v) is 2.50. The largest absolute Gasteiger partial charge is 0.229 e. The molecule has 5 heteroatoms. The van der Waals surface area contributed by atoms with E-state index in [1.165, 1.54) is 0 Å². The Bertz CT molecular complexity index is 398. The lowest BCUT2D eigenvalue weighted by atomic mass is 10.6. The summed E-state index contributed by atoms with van der Waals surface area (Å²) in [5.41, 5.74) is 0.773. The second kappa shape index (κ2) is 2.49. The van der Waals surface area contributed by atoms with E-state index in [0.29, 0.717) is 4.73 Å². The van der Waals surface area contributed by atoms with Crippen molar-refractivity contribution in [2.75, 3.05) is 0 Å². The Morgan fingerprint density at radius 2 is 2.27 bits per heavy atom. The molecule has 2 rings (SSSR count). The van der Waals surface area contributed by atoms with Gasteiger partial charge in [0.1, 0.15) is 0 Å². The third-order valence-electron chi connectivity index (χ3n) is 1.23. The summed E-state index contributed by atoms with van der Waals surface area (Å²) in [6.45, 7) is 1.96. The Hall–Kier alpha value is -0.550. The summed E-state index contributed by atoms with van der Waals surface area (Å²) in [6, 6.07) is 0. The topological polar surface area (TPSA) is 38.7 Å². The molecule has 0 spiro atoms. The van der Waals surface area contributed by atoms with Gasteiger partial charge in [-0.3, -0.25) is 0 Å². The van der Waals surface area contributed by atoms with Gasteiger partial charge in [-0.1, -0.05) is 0 Å². The minimum absolute atomic E-state index is 0.593. The molecule has 11 heavy (non-hydrogen) atoms. The summed E-state index contributed by atoms with van der Waals surface area (Å²) in [7, 11) is 0. The van der Waals surface area contributed by atoms with Crippen molar-refractivity contribution in [3.63, 3.8) is 0 Å². The number of rotatable bonds is 0. The molecule has 0 bridgehead atoms. The van der Waals surface area contributed by atoms with E-state index < -0.39 is 0 Å². The van der Waals surface area contributed by atoms with Gasteiger partial charge in [-0.05, 0) is 22.9 Å². The molecule has 2 aromatic heterocycles. The maximum Gasteiger partial charge on any atom is 0.198 e. The monoisotopic (exact) mass is 229 g/mol. The molecule has 2 heterocycles. The first-order valence-electron chi connectivity index (χ1n) is 3.01. The first-order valence-corrected chi connectivity index (χ1v) is 4.62. The molecule has 0 atom stereocenters. The normalized spacial score (nSPS) is 10.7. The van der Waals surface area contributed by atoms with Crippen LogP contribution in [0.1, 0.15) is 5.01 Å². The summed E-state index contributed by atoms with van der Waals surface area (Å²) in [4.78, 5) is 12.3. The van der Waals surface area contributed by atoms with Crippen LogP contribution in [0.2, 0.25) is 0 Å². The van der Waals surface area contributed by atoms with Gasteiger partial charge < -0.3 is 0 Å². The maximum atomic E-state index is 4.21. The van der Waals surface area contributed by atoms with Gasteiger partial charge in [0, 0.05) is 0 Å². The number of aryl methyl sites for hydroxylation is 1. The van der Waals surface area contributed by atoms with Crippen LogP contribution in [0.25, 0.3) is 10.3 Å². The highest BCUT2D eigenvalue weighted by Crippen LogP contribution is 2.19. The summed E-state index contributed by atoms with van der Waals surface area (Å²) in [5, 5.41) is 1.02. The molecule has 0 aliphatic heterocycles. The molecule has 56 valence electrons. The number of thiazole rings is 1. The van der Waals surface area contributed by atoms with Crippen molar-refractivity contribution in [3.05, 3.63) is 15.9 Å². The summed E-state index contributed by atoms with van der Waals surface area (Å²) in [5.74, 6) is 0. The number of halogens is 1. The van der Waals surface area contributed by atoms with E-state index in [1.807, 2.05) is 6.92 Å². The molecule has 2 aromatic rings. The SMILES string of the molecule is Cc1nc2nc(Br)ncc2s1. The molecular formula is C6H4BrN3S. The number of fused-ring (bicyclic) bond motifs is 1. The highest BCUT2D eigenvalue weighted by Gasteiger charge is 2.01. The molecule has 0 fully saturated rings. The van der Waals surface area contributed by atoms with Gasteiger partial charge in [0.05, 0.1) is 15.9 Å². The smallest absolute Gasteiger partial charge is 0.198 e. The first kappa shape index (κ1) is 7.12. The van der Waals surface area contributed by atoms with Gasteiger partial charge >= 0.3 is 0 Å². The zero-order valence-corrected chi connectivity index (χ0v) is 8.11. The van der Waals surface area contributed by atoms with Crippen molar-refractivity contribution in [1.82, 2.24) is 15.0 Å². The standard InChI is InChI=1S/C6H4BrN3S/c1-3-9-5-4(11-3)2-8-6(7)10-5/h2H,1H3. The molecular weight excluding hydrogens is 226 g/mol. The molecule has 0 N–H and O–H groups in total. The zero-order valence-electron chi connectivity index (χ0n) is 5.71. The lowest BCUT2D eigenvalue weighted by Crippen LogP contribution is -1.81. The van der Waals surface area contributed by atoms with E-state index in [2.05, 4.69) is 30.9 Å². The van der Waals surface area contributed by atoms with Crippen molar-refractivity contribution in [2.24, 2.45) is 0 Å². The Labute approximate surface area is 75.6 Å². The molecule has 0 aliphatic rings. The van der Waals surface area contributed by atoms with Crippen LogP contribution < -0.4 is 0 Å². The summed E-state index contributed by atoms with van der Waals surface area (Å²) in [6.07, 6.45) is 1.77. The second-order valence-electron chi connectivity index (χ2n) is 2.06. The first-order chi connectivity index (χ1) is 5.25. The van der Waals surface area contributed by atoms with Crippen LogP contribution in [0, 0.1) is 6.92 Å². The van der Waals surface area contributed by atoms with Crippen LogP contribution >= 0.6 is 27.3 Å². The van der Waals surface area contributed by atoms with Gasteiger partial charge in [-0.15, -0.1) is 11.3 Å². The van der Waals surface area contributed by atoms with Crippen LogP contribution in [-0.2, 0) is 0 Å². The molecule has 3 nitrogen and oxygen atoms in total. The van der Waals surface area contributed by atoms with Crippen LogP contribution in [0.5, 0.6) is 0 Å². The Kier molecular flexibility index (Phi) is 1.61. The van der Waals surface area contributed by atoms with Crippen LogP contribution in [0.4, 0.5) is 0 Å². The maximum absolute atomic E-state index is 4.21. The average Bonchev–Trinajstić information content (AvgIpc) is 2.27. The fraction of sp³-hybridized carbons (Fsp3) is 0.167. The molecule has 0 saturated carbocycles. The molecule has 0 radical (unpaired) electrons. The fourth-order valence-corrected chi connectivity index (χ4v) is 1.83. The van der Waals surface area contributed by atoms with E-state index in [4.69, 9.17) is 0 Å². The molecule has 0 amide bonds. The van der Waals surface area contributed by atoms with Gasteiger partial charge in [-0.2, -0.15) is 0 Å². The van der Waals surface area contributed by atoms with Gasteiger partial charge in [0.2, 0.25) is 0 Å². The van der Waals surface area contributed by atoms with E-state index in [1.54, 1.807) is 17.5 Å². The Balaban J connectivity index is 2.82. The Morgan fingerprint density at radius 3 is 3.09 bits per heavy atom. The lowest BCUT2D eigenvalue weighted by Gasteiger charge is -1.85. The lowest BCUT2D eigenvalue weighted by molar-refractivity contribution is 1.14. The molecule has 0 aromatic carbocycles. The van der Waals surface area contributed by atoms with Crippen molar-refractivity contribution in [1.29, 1.82) is 0 Å². The van der Waals surface area contributed by atoms with Gasteiger partial charge in [-0.25, -0.2) is 15.0 Å². The molecule has 0 saturated heterocycles. The van der Waals surface area contributed by atoms with Crippen molar-refractivity contribution < 1.29 is 0 Å². The quantitative estimate of drug-likeness (QED) is 0.651. The van der Waals surface area contributed by atoms with Gasteiger partial charge in [0.25, 0.3) is 0 Å². The van der Waals surface area contributed by atoms with Crippen molar-refractivity contribution in [2.45, 2.75) is 6.92 Å². The second-order valence-corrected chi connectivity index (χ2v) is 4.00.